The molecular formula is C20H21NO2. The number of nitrogens with zero attached hydrogens (tertiary/aromatic N) is 1. The number of hydrogen-bond donors (Lipinski definition) is 0. The van der Waals surface area contributed by atoms with E-state index in [-0.39, 0.29) is 24.1 Å². The molecule has 0 unspecified atom stereocenters. The Labute approximate surface area is 136 Å². The molecule has 0 spiro atoms. The van der Waals surface area contributed by atoms with Crippen molar-refractivity contribution in [3.05, 3.63) is 71.8 Å². The molecule has 2 aromatic carbocycles. The van der Waals surface area contributed by atoms with Crippen molar-refractivity contribution in [2.45, 2.75) is 31.5 Å². The summed E-state index contributed by atoms with van der Waals surface area (Å²) in [6.07, 6.45) is 2.63. The predicted molar refractivity (Wildman–Crippen MR) is 88.6 cm³/mol. The highest BCUT2D eigenvalue weighted by Gasteiger charge is 2.44. The van der Waals surface area contributed by atoms with E-state index in [1.165, 1.54) is 11.1 Å². The molecule has 118 valence electrons. The van der Waals surface area contributed by atoms with Crippen LogP contribution in [0.25, 0.3) is 0 Å². The third kappa shape index (κ3) is 2.77. The van der Waals surface area contributed by atoms with E-state index in [9.17, 15) is 4.79 Å². The molecule has 2 heterocycles. The van der Waals surface area contributed by atoms with Crippen LogP contribution in [0.4, 0.5) is 0 Å². The van der Waals surface area contributed by atoms with E-state index in [1.807, 2.05) is 41.3 Å². The fourth-order valence-electron chi connectivity index (χ4n) is 3.78. The van der Waals surface area contributed by atoms with Crippen LogP contribution in [0.3, 0.4) is 0 Å². The molecule has 0 aromatic heterocycles. The molecule has 2 saturated heterocycles. The summed E-state index contributed by atoms with van der Waals surface area (Å²) < 4.78 is 5.90. The maximum atomic E-state index is 13.0. The van der Waals surface area contributed by atoms with Crippen LogP contribution < -0.4 is 0 Å². The molecule has 3 nitrogen and oxygen atoms in total. The average Bonchev–Trinajstić information content (AvgIpc) is 3.04. The standard InChI is InChI=1S/C20H21NO2/c22-20-17(13-15-7-3-1-4-8-15)11-12-19-21(20)18(14-23-19)16-9-5-2-6-10-16/h1-10,17-19H,11-14H2/t17-,18+,19-/m1/s1. The van der Waals surface area contributed by atoms with Gasteiger partial charge in [-0.2, -0.15) is 0 Å². The van der Waals surface area contributed by atoms with Crippen LogP contribution >= 0.6 is 0 Å². The fourth-order valence-corrected chi connectivity index (χ4v) is 3.78. The molecule has 0 bridgehead atoms. The number of carbonyl (C=O) groups is 1. The van der Waals surface area contributed by atoms with Crippen LogP contribution in [0.15, 0.2) is 60.7 Å². The summed E-state index contributed by atoms with van der Waals surface area (Å²) in [4.78, 5) is 15.0. The highest BCUT2D eigenvalue weighted by atomic mass is 16.5. The lowest BCUT2D eigenvalue weighted by Gasteiger charge is -2.36. The molecular weight excluding hydrogens is 286 g/mol. The molecule has 2 fully saturated rings. The Morgan fingerprint density at radius 3 is 2.39 bits per heavy atom. The van der Waals surface area contributed by atoms with E-state index >= 15 is 0 Å². The minimum Gasteiger partial charge on any atom is -0.356 e. The molecule has 2 aromatic rings. The zero-order chi connectivity index (χ0) is 15.6. The van der Waals surface area contributed by atoms with Crippen molar-refractivity contribution in [1.29, 1.82) is 0 Å². The van der Waals surface area contributed by atoms with Crippen LogP contribution in [-0.2, 0) is 16.0 Å². The summed E-state index contributed by atoms with van der Waals surface area (Å²) in [7, 11) is 0. The number of ether oxygens (including phenoxy) is 1. The first-order chi connectivity index (χ1) is 11.3. The molecule has 0 aliphatic carbocycles. The van der Waals surface area contributed by atoms with E-state index in [4.69, 9.17) is 4.74 Å². The van der Waals surface area contributed by atoms with E-state index < -0.39 is 0 Å². The van der Waals surface area contributed by atoms with E-state index in [0.717, 1.165) is 19.3 Å². The number of piperidine rings is 1. The summed E-state index contributed by atoms with van der Waals surface area (Å²) in [5.74, 6) is 0.318. The van der Waals surface area contributed by atoms with Crippen molar-refractivity contribution >= 4 is 5.91 Å². The second kappa shape index (κ2) is 6.17. The smallest absolute Gasteiger partial charge is 0.228 e. The van der Waals surface area contributed by atoms with Gasteiger partial charge in [-0.1, -0.05) is 60.7 Å². The molecule has 3 heteroatoms. The quantitative estimate of drug-likeness (QED) is 0.867. The first-order valence-corrected chi connectivity index (χ1v) is 8.35. The average molecular weight is 307 g/mol. The summed E-state index contributed by atoms with van der Waals surface area (Å²) in [6, 6.07) is 20.6. The van der Waals surface area contributed by atoms with Gasteiger partial charge >= 0.3 is 0 Å². The minimum absolute atomic E-state index is 0.0419. The maximum Gasteiger partial charge on any atom is 0.228 e. The normalized spacial score (nSPS) is 27.0. The third-order valence-corrected chi connectivity index (χ3v) is 4.97. The SMILES string of the molecule is O=C1[C@@H](Cc2ccccc2)CC[C@H]2OC[C@@H](c3ccccc3)N12. The Hall–Kier alpha value is -2.13. The largest absolute Gasteiger partial charge is 0.356 e. The van der Waals surface area contributed by atoms with Gasteiger partial charge in [0.2, 0.25) is 5.91 Å². The first-order valence-electron chi connectivity index (χ1n) is 8.35. The molecule has 2 aliphatic rings. The number of amides is 1. The predicted octanol–water partition coefficient (Wildman–Crippen LogP) is 3.57. The van der Waals surface area contributed by atoms with Crippen LogP contribution in [0.1, 0.15) is 30.0 Å². The first kappa shape index (κ1) is 14.5. The van der Waals surface area contributed by atoms with Gasteiger partial charge in [-0.15, -0.1) is 0 Å². The Balaban J connectivity index is 1.55. The van der Waals surface area contributed by atoms with Gasteiger partial charge < -0.3 is 9.64 Å². The van der Waals surface area contributed by atoms with Crippen LogP contribution in [0.2, 0.25) is 0 Å². The molecule has 0 radical (unpaired) electrons. The zero-order valence-electron chi connectivity index (χ0n) is 13.1. The Bertz CT molecular complexity index is 671. The maximum absolute atomic E-state index is 13.0. The molecule has 2 aliphatic heterocycles. The third-order valence-electron chi connectivity index (χ3n) is 4.97. The molecule has 4 rings (SSSR count). The van der Waals surface area contributed by atoms with Gasteiger partial charge in [0, 0.05) is 5.92 Å². The van der Waals surface area contributed by atoms with Crippen molar-refractivity contribution in [3.8, 4) is 0 Å². The van der Waals surface area contributed by atoms with Crippen LogP contribution in [-0.4, -0.2) is 23.6 Å². The molecule has 23 heavy (non-hydrogen) atoms. The van der Waals surface area contributed by atoms with Gasteiger partial charge in [-0.3, -0.25) is 4.79 Å². The van der Waals surface area contributed by atoms with Gasteiger partial charge in [0.25, 0.3) is 0 Å². The van der Waals surface area contributed by atoms with Crippen molar-refractivity contribution in [2.75, 3.05) is 6.61 Å². The number of benzene rings is 2. The van der Waals surface area contributed by atoms with Crippen LogP contribution in [0.5, 0.6) is 0 Å². The second-order valence-electron chi connectivity index (χ2n) is 6.42. The van der Waals surface area contributed by atoms with E-state index in [2.05, 4.69) is 24.3 Å². The topological polar surface area (TPSA) is 29.5 Å². The van der Waals surface area contributed by atoms with Crippen molar-refractivity contribution in [3.63, 3.8) is 0 Å². The Morgan fingerprint density at radius 2 is 1.65 bits per heavy atom. The Kier molecular flexibility index (Phi) is 3.88. The zero-order valence-corrected chi connectivity index (χ0v) is 13.1. The van der Waals surface area contributed by atoms with Crippen molar-refractivity contribution in [1.82, 2.24) is 4.90 Å². The van der Waals surface area contributed by atoms with E-state index in [0.29, 0.717) is 6.61 Å². The minimum atomic E-state index is -0.0419. The monoisotopic (exact) mass is 307 g/mol. The molecule has 3 atom stereocenters. The molecule has 0 saturated carbocycles. The summed E-state index contributed by atoms with van der Waals surface area (Å²) in [5.41, 5.74) is 2.41. The summed E-state index contributed by atoms with van der Waals surface area (Å²) in [6.45, 7) is 0.610. The molecule has 1 amide bonds. The fraction of sp³-hybridized carbons (Fsp3) is 0.350. The van der Waals surface area contributed by atoms with Crippen LogP contribution in [0, 0.1) is 5.92 Å². The number of carbonyl (C=O) groups excluding carboxylic acids is 1. The highest BCUT2D eigenvalue weighted by molar-refractivity contribution is 5.81. The van der Waals surface area contributed by atoms with Gasteiger partial charge in [0.05, 0.1) is 12.6 Å². The van der Waals surface area contributed by atoms with Crippen molar-refractivity contribution in [2.24, 2.45) is 5.92 Å². The lowest BCUT2D eigenvalue weighted by Crippen LogP contribution is -2.46. The summed E-state index contributed by atoms with van der Waals surface area (Å²) >= 11 is 0. The second-order valence-corrected chi connectivity index (χ2v) is 6.42. The Morgan fingerprint density at radius 1 is 0.957 bits per heavy atom. The van der Waals surface area contributed by atoms with Crippen molar-refractivity contribution < 1.29 is 9.53 Å². The lowest BCUT2D eigenvalue weighted by atomic mass is 9.89. The lowest BCUT2D eigenvalue weighted by molar-refractivity contribution is -0.148. The van der Waals surface area contributed by atoms with Gasteiger partial charge in [0.15, 0.2) is 0 Å². The number of fused-ring (bicyclic) bond motifs is 1. The highest BCUT2D eigenvalue weighted by Crippen LogP contribution is 2.38. The number of rotatable bonds is 3. The summed E-state index contributed by atoms with van der Waals surface area (Å²) in [5, 5.41) is 0. The number of hydrogen-bond acceptors (Lipinski definition) is 2. The van der Waals surface area contributed by atoms with E-state index in [1.54, 1.807) is 0 Å². The van der Waals surface area contributed by atoms with Gasteiger partial charge in [0.1, 0.15) is 6.23 Å². The van der Waals surface area contributed by atoms with Gasteiger partial charge in [-0.05, 0) is 30.4 Å². The molecule has 0 N–H and O–H groups in total. The van der Waals surface area contributed by atoms with Gasteiger partial charge in [-0.25, -0.2) is 0 Å².